The maximum atomic E-state index is 6.06. The summed E-state index contributed by atoms with van der Waals surface area (Å²) in [6.07, 6.45) is 0.973. The first kappa shape index (κ1) is 15.5. The van der Waals surface area contributed by atoms with Crippen molar-refractivity contribution < 1.29 is 9.47 Å². The third-order valence-electron chi connectivity index (χ3n) is 3.05. The molecule has 3 nitrogen and oxygen atoms in total. The van der Waals surface area contributed by atoms with E-state index < -0.39 is 0 Å². The predicted octanol–water partition coefficient (Wildman–Crippen LogP) is 4.75. The first-order chi connectivity index (χ1) is 10.2. The Hall–Kier alpha value is -1.87. The Labute approximate surface area is 130 Å². The van der Waals surface area contributed by atoms with Crippen molar-refractivity contribution in [1.82, 2.24) is 0 Å². The monoisotopic (exact) mass is 305 g/mol. The standard InChI is InChI=1S/C17H20ClNO2/c1-3-10-21-17-9-6-14(18)11-16(17)19-12-13-4-7-15(20-2)8-5-13/h4-9,11,19H,3,10,12H2,1-2H3. The Balaban J connectivity index is 2.05. The van der Waals surface area contributed by atoms with Gasteiger partial charge in [-0.15, -0.1) is 0 Å². The number of halogens is 1. The van der Waals surface area contributed by atoms with Gasteiger partial charge in [0.1, 0.15) is 11.5 Å². The summed E-state index contributed by atoms with van der Waals surface area (Å²) >= 11 is 6.06. The molecule has 1 N–H and O–H groups in total. The molecule has 2 aromatic carbocycles. The van der Waals surface area contributed by atoms with Crippen molar-refractivity contribution in [3.8, 4) is 11.5 Å². The van der Waals surface area contributed by atoms with Crippen LogP contribution in [-0.4, -0.2) is 13.7 Å². The lowest BCUT2D eigenvalue weighted by molar-refractivity contribution is 0.319. The average molecular weight is 306 g/mol. The van der Waals surface area contributed by atoms with E-state index in [4.69, 9.17) is 21.1 Å². The first-order valence-corrected chi connectivity index (χ1v) is 7.40. The summed E-state index contributed by atoms with van der Waals surface area (Å²) in [4.78, 5) is 0. The van der Waals surface area contributed by atoms with Crippen LogP contribution < -0.4 is 14.8 Å². The van der Waals surface area contributed by atoms with Crippen LogP contribution >= 0.6 is 11.6 Å². The van der Waals surface area contributed by atoms with Gasteiger partial charge in [0, 0.05) is 11.6 Å². The Morgan fingerprint density at radius 3 is 2.52 bits per heavy atom. The molecule has 2 aromatic rings. The highest BCUT2D eigenvalue weighted by Gasteiger charge is 2.05. The van der Waals surface area contributed by atoms with Crippen molar-refractivity contribution in [2.24, 2.45) is 0 Å². The van der Waals surface area contributed by atoms with E-state index >= 15 is 0 Å². The van der Waals surface area contributed by atoms with Crippen molar-refractivity contribution in [3.63, 3.8) is 0 Å². The quantitative estimate of drug-likeness (QED) is 0.800. The van der Waals surface area contributed by atoms with E-state index in [0.717, 1.165) is 29.2 Å². The van der Waals surface area contributed by atoms with Crippen LogP contribution in [0.4, 0.5) is 5.69 Å². The minimum absolute atomic E-state index is 0.691. The van der Waals surface area contributed by atoms with Crippen LogP contribution in [0.5, 0.6) is 11.5 Å². The molecule has 0 atom stereocenters. The third-order valence-corrected chi connectivity index (χ3v) is 3.28. The van der Waals surface area contributed by atoms with Crippen LogP contribution in [0.15, 0.2) is 42.5 Å². The fourth-order valence-electron chi connectivity index (χ4n) is 1.92. The molecule has 0 aliphatic rings. The van der Waals surface area contributed by atoms with Gasteiger partial charge in [0.25, 0.3) is 0 Å². The van der Waals surface area contributed by atoms with Gasteiger partial charge in [-0.3, -0.25) is 0 Å². The van der Waals surface area contributed by atoms with Crippen molar-refractivity contribution in [1.29, 1.82) is 0 Å². The predicted molar refractivity (Wildman–Crippen MR) is 87.6 cm³/mol. The Bertz CT molecular complexity index is 570. The van der Waals surface area contributed by atoms with E-state index in [0.29, 0.717) is 18.2 Å². The summed E-state index contributed by atoms with van der Waals surface area (Å²) in [5, 5.41) is 4.06. The van der Waals surface area contributed by atoms with Crippen molar-refractivity contribution in [2.75, 3.05) is 19.0 Å². The molecule has 0 fully saturated rings. The number of anilines is 1. The molecular weight excluding hydrogens is 286 g/mol. The Morgan fingerprint density at radius 2 is 1.86 bits per heavy atom. The van der Waals surface area contributed by atoms with E-state index in [1.54, 1.807) is 7.11 Å². The minimum Gasteiger partial charge on any atom is -0.497 e. The molecule has 0 spiro atoms. The summed E-state index contributed by atoms with van der Waals surface area (Å²) in [7, 11) is 1.66. The minimum atomic E-state index is 0.691. The van der Waals surface area contributed by atoms with Crippen molar-refractivity contribution in [3.05, 3.63) is 53.1 Å². The smallest absolute Gasteiger partial charge is 0.142 e. The van der Waals surface area contributed by atoms with Crippen LogP contribution in [0.1, 0.15) is 18.9 Å². The molecule has 0 unspecified atom stereocenters. The summed E-state index contributed by atoms with van der Waals surface area (Å²) < 4.78 is 10.9. The highest BCUT2D eigenvalue weighted by molar-refractivity contribution is 6.30. The molecule has 0 amide bonds. The zero-order valence-corrected chi connectivity index (χ0v) is 13.1. The van der Waals surface area contributed by atoms with E-state index in [1.165, 1.54) is 0 Å². The SMILES string of the molecule is CCCOc1ccc(Cl)cc1NCc1ccc(OC)cc1. The molecule has 0 radical (unpaired) electrons. The topological polar surface area (TPSA) is 30.5 Å². The number of hydrogen-bond acceptors (Lipinski definition) is 3. The van der Waals surface area contributed by atoms with Gasteiger partial charge in [0.15, 0.2) is 0 Å². The zero-order chi connectivity index (χ0) is 15.1. The largest absolute Gasteiger partial charge is 0.497 e. The summed E-state index contributed by atoms with van der Waals surface area (Å²) in [6.45, 7) is 3.48. The molecule has 0 saturated heterocycles. The van der Waals surface area contributed by atoms with Gasteiger partial charge in [0.2, 0.25) is 0 Å². The molecular formula is C17H20ClNO2. The highest BCUT2D eigenvalue weighted by atomic mass is 35.5. The molecule has 112 valence electrons. The number of methoxy groups -OCH3 is 1. The maximum absolute atomic E-state index is 6.06. The Morgan fingerprint density at radius 1 is 1.10 bits per heavy atom. The maximum Gasteiger partial charge on any atom is 0.142 e. The number of rotatable bonds is 7. The molecule has 0 bridgehead atoms. The average Bonchev–Trinajstić information content (AvgIpc) is 2.52. The fraction of sp³-hybridized carbons (Fsp3) is 0.294. The molecule has 0 heterocycles. The first-order valence-electron chi connectivity index (χ1n) is 7.02. The van der Waals surface area contributed by atoms with Gasteiger partial charge in [-0.25, -0.2) is 0 Å². The van der Waals surface area contributed by atoms with Gasteiger partial charge >= 0.3 is 0 Å². The Kier molecular flexibility index (Phi) is 5.76. The second-order valence-electron chi connectivity index (χ2n) is 4.69. The normalized spacial score (nSPS) is 10.2. The second-order valence-corrected chi connectivity index (χ2v) is 5.13. The third kappa shape index (κ3) is 4.57. The number of ether oxygens (including phenoxy) is 2. The van der Waals surface area contributed by atoms with E-state index in [-0.39, 0.29) is 0 Å². The lowest BCUT2D eigenvalue weighted by Crippen LogP contribution is -2.03. The summed E-state index contributed by atoms with van der Waals surface area (Å²) in [5.74, 6) is 1.68. The number of hydrogen-bond donors (Lipinski definition) is 1. The second kappa shape index (κ2) is 7.79. The van der Waals surface area contributed by atoms with Gasteiger partial charge in [-0.1, -0.05) is 30.7 Å². The lowest BCUT2D eigenvalue weighted by atomic mass is 10.2. The number of benzene rings is 2. The van der Waals surface area contributed by atoms with Crippen LogP contribution in [0.2, 0.25) is 5.02 Å². The lowest BCUT2D eigenvalue weighted by Gasteiger charge is -2.13. The molecule has 0 aromatic heterocycles. The molecule has 4 heteroatoms. The fourth-order valence-corrected chi connectivity index (χ4v) is 2.09. The van der Waals surface area contributed by atoms with Gasteiger partial charge in [-0.05, 0) is 42.3 Å². The molecule has 0 aliphatic heterocycles. The van der Waals surface area contributed by atoms with E-state index in [2.05, 4.69) is 12.2 Å². The number of nitrogens with one attached hydrogen (secondary N) is 1. The van der Waals surface area contributed by atoms with Crippen molar-refractivity contribution in [2.45, 2.75) is 19.9 Å². The summed E-state index contributed by atoms with van der Waals surface area (Å²) in [5.41, 5.74) is 2.07. The van der Waals surface area contributed by atoms with Crippen LogP contribution in [0, 0.1) is 0 Å². The van der Waals surface area contributed by atoms with Gasteiger partial charge in [0.05, 0.1) is 19.4 Å². The zero-order valence-electron chi connectivity index (χ0n) is 12.4. The van der Waals surface area contributed by atoms with Crippen LogP contribution in [0.25, 0.3) is 0 Å². The molecule has 0 aliphatic carbocycles. The summed E-state index contributed by atoms with van der Waals surface area (Å²) in [6, 6.07) is 13.6. The van der Waals surface area contributed by atoms with E-state index in [1.807, 2.05) is 42.5 Å². The van der Waals surface area contributed by atoms with Crippen LogP contribution in [0.3, 0.4) is 0 Å². The van der Waals surface area contributed by atoms with Crippen LogP contribution in [-0.2, 0) is 6.54 Å². The van der Waals surface area contributed by atoms with Gasteiger partial charge in [-0.2, -0.15) is 0 Å². The van der Waals surface area contributed by atoms with Crippen molar-refractivity contribution >= 4 is 17.3 Å². The molecule has 21 heavy (non-hydrogen) atoms. The highest BCUT2D eigenvalue weighted by Crippen LogP contribution is 2.28. The molecule has 0 saturated carbocycles. The van der Waals surface area contributed by atoms with Gasteiger partial charge < -0.3 is 14.8 Å². The van der Waals surface area contributed by atoms with E-state index in [9.17, 15) is 0 Å². The molecule has 2 rings (SSSR count).